The summed E-state index contributed by atoms with van der Waals surface area (Å²) in [6.45, 7) is 7.09. The highest BCUT2D eigenvalue weighted by molar-refractivity contribution is 5.74. The number of fused-ring (bicyclic) bond motifs is 3. The fourth-order valence-electron chi connectivity index (χ4n) is 2.85. The van der Waals surface area contributed by atoms with E-state index in [9.17, 15) is 4.79 Å². The number of hydrogen-bond acceptors (Lipinski definition) is 3. The number of aryl methyl sites for hydroxylation is 1. The van der Waals surface area contributed by atoms with Crippen LogP contribution < -0.4 is 5.32 Å². The molecule has 1 aromatic heterocycles. The van der Waals surface area contributed by atoms with Crippen LogP contribution in [0.25, 0.3) is 0 Å². The minimum absolute atomic E-state index is 0.137. The summed E-state index contributed by atoms with van der Waals surface area (Å²) in [6.07, 6.45) is 1.06. The smallest absolute Gasteiger partial charge is 0.220 e. The van der Waals surface area contributed by atoms with Crippen molar-refractivity contribution in [1.82, 2.24) is 15.2 Å². The van der Waals surface area contributed by atoms with Gasteiger partial charge < -0.3 is 10.2 Å². The van der Waals surface area contributed by atoms with Gasteiger partial charge in [0.15, 0.2) is 0 Å². The Labute approximate surface area is 101 Å². The molecule has 0 radical (unpaired) electrons. The maximum atomic E-state index is 11.5. The van der Waals surface area contributed by atoms with Crippen molar-refractivity contribution in [2.45, 2.75) is 39.9 Å². The Morgan fingerprint density at radius 1 is 1.29 bits per heavy atom. The Morgan fingerprint density at radius 2 is 2.12 bits per heavy atom. The minimum atomic E-state index is 0.137. The van der Waals surface area contributed by atoms with Crippen LogP contribution >= 0.6 is 0 Å². The quantitative estimate of drug-likeness (QED) is 0.721. The van der Waals surface area contributed by atoms with Crippen molar-refractivity contribution in [3.8, 4) is 0 Å². The molecule has 90 valence electrons. The second kappa shape index (κ2) is 3.81. The zero-order chi connectivity index (χ0) is 12.0. The van der Waals surface area contributed by atoms with Crippen LogP contribution in [0.4, 0.5) is 0 Å². The summed E-state index contributed by atoms with van der Waals surface area (Å²) >= 11 is 0. The lowest BCUT2D eigenvalue weighted by Gasteiger charge is -2.21. The maximum absolute atomic E-state index is 11.5. The Kier molecular flexibility index (Phi) is 2.40. The van der Waals surface area contributed by atoms with Gasteiger partial charge in [0.2, 0.25) is 5.91 Å². The molecule has 1 amide bonds. The van der Waals surface area contributed by atoms with Crippen molar-refractivity contribution in [1.29, 1.82) is 0 Å². The second-order valence-electron chi connectivity index (χ2n) is 4.88. The molecule has 0 saturated heterocycles. The van der Waals surface area contributed by atoms with Gasteiger partial charge in [-0.25, -0.2) is 0 Å². The summed E-state index contributed by atoms with van der Waals surface area (Å²) in [4.78, 5) is 18.0. The third kappa shape index (κ3) is 1.63. The van der Waals surface area contributed by atoms with E-state index >= 15 is 0 Å². The molecule has 0 aromatic carbocycles. The fraction of sp³-hybridized carbons (Fsp3) is 0.538. The van der Waals surface area contributed by atoms with Gasteiger partial charge in [0, 0.05) is 25.7 Å². The molecule has 0 fully saturated rings. The molecule has 0 atom stereocenters. The van der Waals surface area contributed by atoms with Crippen LogP contribution in [0.5, 0.6) is 0 Å². The van der Waals surface area contributed by atoms with E-state index in [-0.39, 0.29) is 5.91 Å². The van der Waals surface area contributed by atoms with Crippen LogP contribution in [-0.4, -0.2) is 22.3 Å². The number of nitrogens with one attached hydrogen (secondary N) is 1. The molecule has 4 nitrogen and oxygen atoms in total. The SMILES string of the molecule is CC(=O)N1Cc2nc(C)c3c(c2C1)CNCC3. The van der Waals surface area contributed by atoms with Gasteiger partial charge >= 0.3 is 0 Å². The Hall–Kier alpha value is -1.42. The number of pyridine rings is 1. The normalized spacial score (nSPS) is 17.9. The van der Waals surface area contributed by atoms with Crippen molar-refractivity contribution in [2.24, 2.45) is 0 Å². The van der Waals surface area contributed by atoms with Gasteiger partial charge in [-0.1, -0.05) is 0 Å². The number of carbonyl (C=O) groups is 1. The summed E-state index contributed by atoms with van der Waals surface area (Å²) in [7, 11) is 0. The Bertz CT molecular complexity index is 496. The van der Waals surface area contributed by atoms with Crippen molar-refractivity contribution in [3.63, 3.8) is 0 Å². The van der Waals surface area contributed by atoms with Gasteiger partial charge in [0.25, 0.3) is 0 Å². The van der Waals surface area contributed by atoms with Crippen LogP contribution in [0.15, 0.2) is 0 Å². The van der Waals surface area contributed by atoms with E-state index < -0.39 is 0 Å². The van der Waals surface area contributed by atoms with Crippen LogP contribution in [0.2, 0.25) is 0 Å². The highest BCUT2D eigenvalue weighted by Gasteiger charge is 2.28. The van der Waals surface area contributed by atoms with E-state index in [1.165, 1.54) is 16.7 Å². The van der Waals surface area contributed by atoms with Crippen molar-refractivity contribution in [3.05, 3.63) is 28.1 Å². The van der Waals surface area contributed by atoms with E-state index in [1.54, 1.807) is 6.92 Å². The molecular weight excluding hydrogens is 214 g/mol. The average molecular weight is 231 g/mol. The van der Waals surface area contributed by atoms with Gasteiger partial charge in [-0.3, -0.25) is 9.78 Å². The topological polar surface area (TPSA) is 45.2 Å². The van der Waals surface area contributed by atoms with E-state index in [4.69, 9.17) is 0 Å². The Balaban J connectivity index is 2.08. The van der Waals surface area contributed by atoms with E-state index in [0.29, 0.717) is 6.54 Å². The van der Waals surface area contributed by atoms with E-state index in [0.717, 1.165) is 37.4 Å². The number of nitrogens with zero attached hydrogens (tertiary/aromatic N) is 2. The van der Waals surface area contributed by atoms with E-state index in [1.807, 2.05) is 4.90 Å². The minimum Gasteiger partial charge on any atom is -0.333 e. The predicted octanol–water partition coefficient (Wildman–Crippen LogP) is 0.898. The third-order valence-corrected chi connectivity index (χ3v) is 3.80. The first-order valence-electron chi connectivity index (χ1n) is 6.13. The summed E-state index contributed by atoms with van der Waals surface area (Å²) in [6, 6.07) is 0. The molecule has 2 aliphatic heterocycles. The molecule has 4 heteroatoms. The fourth-order valence-corrected chi connectivity index (χ4v) is 2.85. The Morgan fingerprint density at radius 3 is 2.88 bits per heavy atom. The van der Waals surface area contributed by atoms with Crippen LogP contribution in [0.3, 0.4) is 0 Å². The number of amides is 1. The summed E-state index contributed by atoms with van der Waals surface area (Å²) in [5, 5.41) is 3.41. The zero-order valence-corrected chi connectivity index (χ0v) is 10.3. The number of carbonyl (C=O) groups excluding carboxylic acids is 1. The monoisotopic (exact) mass is 231 g/mol. The molecule has 1 N–H and O–H groups in total. The van der Waals surface area contributed by atoms with Gasteiger partial charge in [-0.15, -0.1) is 0 Å². The molecular formula is C13H17N3O. The first-order chi connectivity index (χ1) is 8.16. The number of aromatic nitrogens is 1. The molecule has 0 spiro atoms. The van der Waals surface area contributed by atoms with Gasteiger partial charge in [0.05, 0.1) is 12.2 Å². The van der Waals surface area contributed by atoms with Gasteiger partial charge in [0.1, 0.15) is 0 Å². The molecule has 2 aliphatic rings. The standard InChI is InChI=1S/C13H17N3O/c1-8-10-3-4-14-5-11(10)12-6-16(9(2)17)7-13(12)15-8/h14H,3-7H2,1-2H3. The molecule has 3 heterocycles. The third-order valence-electron chi connectivity index (χ3n) is 3.80. The molecule has 0 aliphatic carbocycles. The molecule has 17 heavy (non-hydrogen) atoms. The predicted molar refractivity (Wildman–Crippen MR) is 64.3 cm³/mol. The van der Waals surface area contributed by atoms with Gasteiger partial charge in [-0.2, -0.15) is 0 Å². The molecule has 1 aromatic rings. The lowest BCUT2D eigenvalue weighted by molar-refractivity contribution is -0.129. The molecule has 0 saturated carbocycles. The first-order valence-corrected chi connectivity index (χ1v) is 6.13. The van der Waals surface area contributed by atoms with Crippen LogP contribution in [0.1, 0.15) is 35.0 Å². The van der Waals surface area contributed by atoms with Crippen molar-refractivity contribution in [2.75, 3.05) is 6.54 Å². The zero-order valence-electron chi connectivity index (χ0n) is 10.3. The average Bonchev–Trinajstić information content (AvgIpc) is 2.73. The lowest BCUT2D eigenvalue weighted by Crippen LogP contribution is -2.26. The maximum Gasteiger partial charge on any atom is 0.220 e. The molecule has 0 unspecified atom stereocenters. The van der Waals surface area contributed by atoms with Gasteiger partial charge in [-0.05, 0) is 36.6 Å². The van der Waals surface area contributed by atoms with E-state index in [2.05, 4.69) is 17.2 Å². The summed E-state index contributed by atoms with van der Waals surface area (Å²) in [5.41, 5.74) is 6.31. The highest BCUT2D eigenvalue weighted by atomic mass is 16.2. The summed E-state index contributed by atoms with van der Waals surface area (Å²) in [5.74, 6) is 0.137. The largest absolute Gasteiger partial charge is 0.333 e. The number of hydrogen-bond donors (Lipinski definition) is 1. The van der Waals surface area contributed by atoms with Crippen molar-refractivity contribution >= 4 is 5.91 Å². The first kappa shape index (κ1) is 10.7. The number of rotatable bonds is 0. The second-order valence-corrected chi connectivity index (χ2v) is 4.88. The lowest BCUT2D eigenvalue weighted by atomic mass is 9.95. The highest BCUT2D eigenvalue weighted by Crippen LogP contribution is 2.30. The molecule has 0 bridgehead atoms. The molecule has 3 rings (SSSR count). The van der Waals surface area contributed by atoms with Crippen molar-refractivity contribution < 1.29 is 4.79 Å². The van der Waals surface area contributed by atoms with Crippen LogP contribution in [0, 0.1) is 6.92 Å². The summed E-state index contributed by atoms with van der Waals surface area (Å²) < 4.78 is 0. The van der Waals surface area contributed by atoms with Crippen LogP contribution in [-0.2, 0) is 30.8 Å².